The summed E-state index contributed by atoms with van der Waals surface area (Å²) in [5.41, 5.74) is 8.10. The van der Waals surface area contributed by atoms with Gasteiger partial charge in [-0.15, -0.1) is 0 Å². The van der Waals surface area contributed by atoms with E-state index in [9.17, 15) is 0 Å². The highest BCUT2D eigenvalue weighted by Gasteiger charge is 2.30. The standard InChI is InChI=1S/C27H27N2S/c1-16-20-10-6-7-11-21(20)17(2)27-24(16)26-25-22(28-15-29(26)3)13-19(14-23(25)30-27)12-18-8-4-5-9-18/h6-7,10-11,13-15,18H,4-5,8-9,12H2,1-3H3/q+1. The Morgan fingerprint density at radius 3 is 2.53 bits per heavy atom. The summed E-state index contributed by atoms with van der Waals surface area (Å²) in [6.07, 6.45) is 8.77. The highest BCUT2D eigenvalue weighted by Crippen LogP contribution is 2.51. The van der Waals surface area contributed by atoms with Gasteiger partial charge in [0.15, 0.2) is 5.52 Å². The third kappa shape index (κ3) is 2.64. The summed E-state index contributed by atoms with van der Waals surface area (Å²) in [7, 11) is 2.14. The average Bonchev–Trinajstić information content (AvgIpc) is 3.27. The maximum Gasteiger partial charge on any atom is 0.287 e. The molecule has 0 bridgehead atoms. The third-order valence-electron chi connectivity index (χ3n) is 7.23. The van der Waals surface area contributed by atoms with E-state index in [1.807, 2.05) is 18.1 Å². The molecule has 1 fully saturated rings. The Labute approximate surface area is 182 Å². The van der Waals surface area contributed by atoms with Gasteiger partial charge in [0.25, 0.3) is 6.33 Å². The van der Waals surface area contributed by atoms with Gasteiger partial charge in [-0.25, -0.2) is 4.57 Å². The molecule has 30 heavy (non-hydrogen) atoms. The van der Waals surface area contributed by atoms with Crippen LogP contribution in [0.25, 0.3) is 32.9 Å². The molecule has 150 valence electrons. The normalized spacial score (nSPS) is 15.8. The minimum atomic E-state index is 0.850. The Bertz CT molecular complexity index is 1330. The zero-order valence-corrected chi connectivity index (χ0v) is 18.8. The lowest BCUT2D eigenvalue weighted by molar-refractivity contribution is -0.662. The van der Waals surface area contributed by atoms with Gasteiger partial charge in [0.05, 0.1) is 12.4 Å². The Morgan fingerprint density at radius 2 is 1.77 bits per heavy atom. The number of nitrogens with zero attached hydrogens (tertiary/aromatic N) is 2. The molecule has 0 radical (unpaired) electrons. The van der Waals surface area contributed by atoms with E-state index in [0.717, 1.165) is 11.4 Å². The number of benzene rings is 3. The number of hydrogen-bond donors (Lipinski definition) is 0. The second-order valence-electron chi connectivity index (χ2n) is 9.15. The zero-order chi connectivity index (χ0) is 20.4. The minimum Gasteiger partial charge on any atom is -0.232 e. The molecular weight excluding hydrogens is 384 g/mol. The number of hydrogen-bond acceptors (Lipinski definition) is 2. The molecule has 1 aromatic heterocycles. The molecule has 1 aliphatic heterocycles. The molecule has 0 unspecified atom stereocenters. The van der Waals surface area contributed by atoms with Crippen molar-refractivity contribution in [1.29, 1.82) is 0 Å². The van der Waals surface area contributed by atoms with Gasteiger partial charge in [0.2, 0.25) is 0 Å². The lowest BCUT2D eigenvalue weighted by atomic mass is 9.91. The maximum absolute atomic E-state index is 4.86. The van der Waals surface area contributed by atoms with Crippen molar-refractivity contribution >= 4 is 33.4 Å². The van der Waals surface area contributed by atoms with Gasteiger partial charge >= 0.3 is 0 Å². The van der Waals surface area contributed by atoms with Crippen LogP contribution in [0, 0.1) is 19.8 Å². The summed E-state index contributed by atoms with van der Waals surface area (Å²) in [4.78, 5) is 7.65. The number of aromatic nitrogens is 2. The van der Waals surface area contributed by atoms with Crippen molar-refractivity contribution in [3.63, 3.8) is 0 Å². The number of aryl methyl sites for hydroxylation is 3. The largest absolute Gasteiger partial charge is 0.287 e. The van der Waals surface area contributed by atoms with Gasteiger partial charge in [-0.1, -0.05) is 61.7 Å². The van der Waals surface area contributed by atoms with E-state index in [0.29, 0.717) is 0 Å². The van der Waals surface area contributed by atoms with E-state index in [1.54, 1.807) is 0 Å². The van der Waals surface area contributed by atoms with E-state index in [2.05, 4.69) is 61.9 Å². The SMILES string of the molecule is Cc1c2c(c(C)c3ccccc13)-c1c3c(cc(CC4CCCC4)cc3nc[n+]1C)S2. The molecule has 6 rings (SSSR count). The molecular formula is C27H27N2S+. The van der Waals surface area contributed by atoms with Gasteiger partial charge in [-0.3, -0.25) is 0 Å². The van der Waals surface area contributed by atoms with E-state index in [1.165, 1.54) is 86.0 Å². The molecule has 2 heterocycles. The first-order chi connectivity index (χ1) is 14.6. The fraction of sp³-hybridized carbons (Fsp3) is 0.333. The minimum absolute atomic E-state index is 0.850. The molecule has 0 N–H and O–H groups in total. The second kappa shape index (κ2) is 6.81. The molecule has 4 aromatic rings. The first-order valence-corrected chi connectivity index (χ1v) is 11.9. The predicted octanol–water partition coefficient (Wildman–Crippen LogP) is 6.69. The zero-order valence-electron chi connectivity index (χ0n) is 18.0. The quantitative estimate of drug-likeness (QED) is 0.301. The first-order valence-electron chi connectivity index (χ1n) is 11.1. The van der Waals surface area contributed by atoms with Gasteiger partial charge in [0, 0.05) is 15.4 Å². The van der Waals surface area contributed by atoms with Crippen LogP contribution in [-0.4, -0.2) is 4.98 Å². The van der Waals surface area contributed by atoms with Crippen LogP contribution in [0.15, 0.2) is 52.5 Å². The van der Waals surface area contributed by atoms with Crippen molar-refractivity contribution in [2.24, 2.45) is 13.0 Å². The highest BCUT2D eigenvalue weighted by molar-refractivity contribution is 7.99. The van der Waals surface area contributed by atoms with E-state index < -0.39 is 0 Å². The Morgan fingerprint density at radius 1 is 1.03 bits per heavy atom. The van der Waals surface area contributed by atoms with Crippen LogP contribution in [0.5, 0.6) is 0 Å². The molecule has 3 heteroatoms. The molecule has 1 aliphatic carbocycles. The van der Waals surface area contributed by atoms with Crippen LogP contribution in [0.3, 0.4) is 0 Å². The molecule has 3 aromatic carbocycles. The van der Waals surface area contributed by atoms with E-state index in [4.69, 9.17) is 4.98 Å². The second-order valence-corrected chi connectivity index (χ2v) is 10.2. The fourth-order valence-corrected chi connectivity index (χ4v) is 7.05. The lowest BCUT2D eigenvalue weighted by Gasteiger charge is -2.24. The van der Waals surface area contributed by atoms with Gasteiger partial charge < -0.3 is 0 Å². The van der Waals surface area contributed by atoms with Crippen LogP contribution < -0.4 is 4.57 Å². The lowest BCUT2D eigenvalue weighted by Crippen LogP contribution is -2.33. The van der Waals surface area contributed by atoms with Crippen LogP contribution in [-0.2, 0) is 13.5 Å². The summed E-state index contributed by atoms with van der Waals surface area (Å²) >= 11 is 1.96. The third-order valence-corrected chi connectivity index (χ3v) is 8.48. The predicted molar refractivity (Wildman–Crippen MR) is 125 cm³/mol. The van der Waals surface area contributed by atoms with Crippen molar-refractivity contribution in [3.8, 4) is 11.3 Å². The smallest absolute Gasteiger partial charge is 0.232 e. The van der Waals surface area contributed by atoms with Crippen molar-refractivity contribution < 1.29 is 4.57 Å². The fourth-order valence-electron chi connectivity index (χ4n) is 5.70. The van der Waals surface area contributed by atoms with Crippen molar-refractivity contribution in [2.45, 2.75) is 55.7 Å². The molecule has 0 spiro atoms. The Hall–Kier alpha value is -2.39. The summed E-state index contributed by atoms with van der Waals surface area (Å²) in [6.45, 7) is 4.58. The molecule has 0 amide bonds. The molecule has 1 saturated carbocycles. The van der Waals surface area contributed by atoms with Crippen molar-refractivity contribution in [3.05, 3.63) is 59.4 Å². The molecule has 2 nitrogen and oxygen atoms in total. The Balaban J connectivity index is 1.64. The average molecular weight is 412 g/mol. The van der Waals surface area contributed by atoms with E-state index in [-0.39, 0.29) is 0 Å². The summed E-state index contributed by atoms with van der Waals surface area (Å²) in [5, 5.41) is 4.06. The van der Waals surface area contributed by atoms with Crippen molar-refractivity contribution in [1.82, 2.24) is 4.98 Å². The van der Waals surface area contributed by atoms with Gasteiger partial charge in [-0.2, -0.15) is 0 Å². The van der Waals surface area contributed by atoms with Crippen LogP contribution >= 0.6 is 11.8 Å². The van der Waals surface area contributed by atoms with Crippen LogP contribution in [0.2, 0.25) is 0 Å². The summed E-state index contributed by atoms with van der Waals surface area (Å²) in [6, 6.07) is 13.7. The van der Waals surface area contributed by atoms with Crippen LogP contribution in [0.1, 0.15) is 42.4 Å². The van der Waals surface area contributed by atoms with Gasteiger partial charge in [-0.05, 0) is 70.8 Å². The highest BCUT2D eigenvalue weighted by atomic mass is 32.2. The number of rotatable bonds is 2. The molecule has 0 saturated heterocycles. The van der Waals surface area contributed by atoms with E-state index >= 15 is 0 Å². The molecule has 2 aliphatic rings. The van der Waals surface area contributed by atoms with Crippen molar-refractivity contribution in [2.75, 3.05) is 0 Å². The van der Waals surface area contributed by atoms with Gasteiger partial charge in [0.1, 0.15) is 5.69 Å². The topological polar surface area (TPSA) is 16.8 Å². The van der Waals surface area contributed by atoms with Crippen LogP contribution in [0.4, 0.5) is 0 Å². The Kier molecular flexibility index (Phi) is 4.18. The maximum atomic E-state index is 4.86. The summed E-state index contributed by atoms with van der Waals surface area (Å²) < 4.78 is 2.22. The summed E-state index contributed by atoms with van der Waals surface area (Å²) in [5.74, 6) is 0.850. The number of fused-ring (bicyclic) bond motifs is 3. The first kappa shape index (κ1) is 18.4. The molecule has 0 atom stereocenters. The monoisotopic (exact) mass is 411 g/mol.